The maximum Gasteiger partial charge on any atom is 0.136 e. The summed E-state index contributed by atoms with van der Waals surface area (Å²) < 4.78 is 6.75. The third-order valence-electron chi connectivity index (χ3n) is 2.94. The molecule has 3 rings (SSSR count). The largest absolute Gasteiger partial charge is 0.456 e. The predicted molar refractivity (Wildman–Crippen MR) is 77.2 cm³/mol. The Morgan fingerprint density at radius 1 is 0.944 bits per heavy atom. The third-order valence-corrected chi connectivity index (χ3v) is 3.28. The van der Waals surface area contributed by atoms with Crippen LogP contribution < -0.4 is 0 Å². The fourth-order valence-electron chi connectivity index (χ4n) is 2.01. The van der Waals surface area contributed by atoms with Gasteiger partial charge in [0.2, 0.25) is 0 Å². The summed E-state index contributed by atoms with van der Waals surface area (Å²) in [7, 11) is 0. The van der Waals surface area contributed by atoms with Gasteiger partial charge in [-0.15, -0.1) is 0 Å². The van der Waals surface area contributed by atoms with Gasteiger partial charge in [-0.2, -0.15) is 0 Å². The molecule has 3 aromatic rings. The van der Waals surface area contributed by atoms with Crippen LogP contribution in [0.15, 0.2) is 59.0 Å². The van der Waals surface area contributed by atoms with Gasteiger partial charge in [-0.25, -0.2) is 0 Å². The number of hydrogen-bond acceptors (Lipinski definition) is 2. The molecular weight excluding hydrogens is 240 g/mol. The Bertz CT molecular complexity index is 757. The fourth-order valence-corrected chi connectivity index (χ4v) is 2.28. The number of hydrogen-bond donors (Lipinski definition) is 0. The maximum absolute atomic E-state index is 5.92. The molecule has 0 aliphatic carbocycles. The molecule has 2 aromatic carbocycles. The molecule has 18 heavy (non-hydrogen) atoms. The molecule has 0 fully saturated rings. The van der Waals surface area contributed by atoms with Crippen LogP contribution in [0, 0.1) is 11.4 Å². The zero-order chi connectivity index (χ0) is 12.5. The Morgan fingerprint density at radius 2 is 1.72 bits per heavy atom. The minimum atomic E-state index is 0.817. The van der Waals surface area contributed by atoms with E-state index in [2.05, 4.69) is 13.0 Å². The zero-order valence-electron chi connectivity index (χ0n) is 10.0. The molecule has 0 spiro atoms. The zero-order valence-corrected chi connectivity index (χ0v) is 10.8. The van der Waals surface area contributed by atoms with Crippen molar-refractivity contribution in [1.29, 1.82) is 0 Å². The summed E-state index contributed by atoms with van der Waals surface area (Å²) in [5.74, 6) is 0.817. The van der Waals surface area contributed by atoms with E-state index in [-0.39, 0.29) is 0 Å². The van der Waals surface area contributed by atoms with E-state index in [0.29, 0.717) is 0 Å². The number of rotatable bonds is 1. The molecule has 0 aliphatic rings. The fraction of sp³-hybridized carbons (Fsp3) is 0.0625. The van der Waals surface area contributed by atoms with E-state index >= 15 is 0 Å². The predicted octanol–water partition coefficient (Wildman–Crippen LogP) is 5.14. The molecule has 1 heterocycles. The van der Waals surface area contributed by atoms with Crippen molar-refractivity contribution in [2.75, 3.05) is 0 Å². The quantitative estimate of drug-likeness (QED) is 0.556. The van der Waals surface area contributed by atoms with E-state index in [1.54, 1.807) is 0 Å². The van der Waals surface area contributed by atoms with Gasteiger partial charge in [-0.3, -0.25) is 0 Å². The Labute approximate surface area is 111 Å². The molecule has 1 nitrogen and oxygen atoms in total. The maximum atomic E-state index is 5.92. The minimum Gasteiger partial charge on any atom is -0.456 e. The van der Waals surface area contributed by atoms with Gasteiger partial charge in [-0.1, -0.05) is 54.2 Å². The molecule has 0 aliphatic heterocycles. The van der Waals surface area contributed by atoms with Crippen LogP contribution in [-0.2, 0) is 0 Å². The molecule has 0 atom stereocenters. The highest BCUT2D eigenvalue weighted by Crippen LogP contribution is 2.26. The lowest BCUT2D eigenvalue weighted by Crippen LogP contribution is -1.81. The standard InChI is InChI=1S/C16H12OS/c1-11-7-8-14-13(9-11)16(18)10-15(17-14)12-5-3-2-4-6-12/h2-10H,1H3. The van der Waals surface area contributed by atoms with E-state index in [4.69, 9.17) is 16.6 Å². The van der Waals surface area contributed by atoms with Crippen LogP contribution in [0.25, 0.3) is 22.3 Å². The van der Waals surface area contributed by atoms with Gasteiger partial charge < -0.3 is 4.42 Å². The second kappa shape index (κ2) is 4.39. The molecule has 0 saturated carbocycles. The van der Waals surface area contributed by atoms with E-state index < -0.39 is 0 Å². The molecule has 0 radical (unpaired) electrons. The van der Waals surface area contributed by atoms with Crippen LogP contribution >= 0.6 is 12.2 Å². The lowest BCUT2D eigenvalue weighted by molar-refractivity contribution is 0.619. The molecule has 0 N–H and O–H groups in total. The Morgan fingerprint density at radius 3 is 2.50 bits per heavy atom. The number of fused-ring (bicyclic) bond motifs is 1. The van der Waals surface area contributed by atoms with E-state index in [9.17, 15) is 0 Å². The molecule has 0 amide bonds. The summed E-state index contributed by atoms with van der Waals surface area (Å²) in [6.45, 7) is 2.05. The smallest absolute Gasteiger partial charge is 0.136 e. The van der Waals surface area contributed by atoms with Crippen LogP contribution in [0.3, 0.4) is 0 Å². The summed E-state index contributed by atoms with van der Waals surface area (Å²) >= 11 is 5.44. The Kier molecular flexibility index (Phi) is 2.73. The van der Waals surface area contributed by atoms with Crippen molar-refractivity contribution in [3.63, 3.8) is 0 Å². The van der Waals surface area contributed by atoms with Gasteiger partial charge in [-0.05, 0) is 19.1 Å². The van der Waals surface area contributed by atoms with E-state index in [0.717, 1.165) is 26.8 Å². The van der Waals surface area contributed by atoms with Crippen LogP contribution in [0.1, 0.15) is 5.56 Å². The average molecular weight is 252 g/mol. The van der Waals surface area contributed by atoms with Gasteiger partial charge in [0.25, 0.3) is 0 Å². The molecule has 88 valence electrons. The highest BCUT2D eigenvalue weighted by molar-refractivity contribution is 7.71. The second-order valence-electron chi connectivity index (χ2n) is 4.34. The summed E-state index contributed by atoms with van der Waals surface area (Å²) in [5.41, 5.74) is 3.08. The van der Waals surface area contributed by atoms with Crippen molar-refractivity contribution in [3.05, 3.63) is 64.7 Å². The molecular formula is C16H12OS. The van der Waals surface area contributed by atoms with Crippen molar-refractivity contribution >= 4 is 23.2 Å². The topological polar surface area (TPSA) is 13.1 Å². The summed E-state index contributed by atoms with van der Waals surface area (Å²) in [6.07, 6.45) is 0. The first-order valence-electron chi connectivity index (χ1n) is 5.84. The van der Waals surface area contributed by atoms with Gasteiger partial charge in [0.15, 0.2) is 0 Å². The first-order valence-corrected chi connectivity index (χ1v) is 6.25. The summed E-state index contributed by atoms with van der Waals surface area (Å²) in [4.78, 5) is 0. The van der Waals surface area contributed by atoms with Crippen molar-refractivity contribution < 1.29 is 4.42 Å². The highest BCUT2D eigenvalue weighted by atomic mass is 32.1. The van der Waals surface area contributed by atoms with Crippen LogP contribution in [-0.4, -0.2) is 0 Å². The summed E-state index contributed by atoms with van der Waals surface area (Å²) in [6, 6.07) is 18.0. The lowest BCUT2D eigenvalue weighted by atomic mass is 10.1. The molecule has 0 saturated heterocycles. The second-order valence-corrected chi connectivity index (χ2v) is 4.78. The van der Waals surface area contributed by atoms with Gasteiger partial charge >= 0.3 is 0 Å². The van der Waals surface area contributed by atoms with Gasteiger partial charge in [0.1, 0.15) is 11.3 Å². The summed E-state index contributed by atoms with van der Waals surface area (Å²) in [5, 5.41) is 1.00. The van der Waals surface area contributed by atoms with Gasteiger partial charge in [0, 0.05) is 17.0 Å². The van der Waals surface area contributed by atoms with Crippen molar-refractivity contribution in [3.8, 4) is 11.3 Å². The first-order chi connectivity index (χ1) is 8.74. The number of aryl methyl sites for hydroxylation is 1. The molecule has 0 unspecified atom stereocenters. The van der Waals surface area contributed by atoms with Crippen LogP contribution in [0.2, 0.25) is 0 Å². The van der Waals surface area contributed by atoms with Gasteiger partial charge in [0.05, 0.1) is 4.51 Å². The van der Waals surface area contributed by atoms with E-state index in [1.807, 2.05) is 48.5 Å². The lowest BCUT2D eigenvalue weighted by Gasteiger charge is -2.04. The molecule has 1 aromatic heterocycles. The normalized spacial score (nSPS) is 10.7. The SMILES string of the molecule is Cc1ccc2oc(-c3ccccc3)cc(=S)c2c1. The minimum absolute atomic E-state index is 0.817. The molecule has 2 heteroatoms. The van der Waals surface area contributed by atoms with E-state index in [1.165, 1.54) is 5.56 Å². The Balaban J connectivity index is 2.29. The monoisotopic (exact) mass is 252 g/mol. The van der Waals surface area contributed by atoms with Crippen molar-refractivity contribution in [2.45, 2.75) is 6.92 Å². The average Bonchev–Trinajstić information content (AvgIpc) is 2.40. The van der Waals surface area contributed by atoms with Crippen LogP contribution in [0.4, 0.5) is 0 Å². The Hall–Kier alpha value is -1.93. The van der Waals surface area contributed by atoms with Crippen molar-refractivity contribution in [1.82, 2.24) is 0 Å². The van der Waals surface area contributed by atoms with Crippen molar-refractivity contribution in [2.24, 2.45) is 0 Å². The third kappa shape index (κ3) is 1.95. The number of benzene rings is 2. The first kappa shape index (κ1) is 11.2. The van der Waals surface area contributed by atoms with Crippen LogP contribution in [0.5, 0.6) is 0 Å². The molecule has 0 bridgehead atoms. The highest BCUT2D eigenvalue weighted by Gasteiger charge is 2.04.